The maximum atomic E-state index is 6.47. The predicted octanol–water partition coefficient (Wildman–Crippen LogP) is 3.93. The van der Waals surface area contributed by atoms with Crippen molar-refractivity contribution in [1.29, 1.82) is 0 Å². The highest BCUT2D eigenvalue weighted by molar-refractivity contribution is 6.38. The second-order valence-electron chi connectivity index (χ2n) is 4.52. The monoisotopic (exact) mass is 296 g/mol. The second-order valence-corrected chi connectivity index (χ2v) is 4.90. The lowest BCUT2D eigenvalue weighted by atomic mass is 10.0. The van der Waals surface area contributed by atoms with Crippen LogP contribution in [0.3, 0.4) is 0 Å². The Bertz CT molecular complexity index is 914. The van der Waals surface area contributed by atoms with Crippen molar-refractivity contribution in [2.75, 3.05) is 0 Å². The number of para-hydroxylation sites is 1. The molecule has 0 atom stereocenters. The van der Waals surface area contributed by atoms with Crippen LogP contribution < -0.4 is 0 Å². The smallest absolute Gasteiger partial charge is 0.205 e. The van der Waals surface area contributed by atoms with Crippen LogP contribution in [0.15, 0.2) is 52.9 Å². The number of aromatic nitrogens is 4. The number of fused-ring (bicyclic) bond motifs is 1. The fourth-order valence-corrected chi connectivity index (χ4v) is 2.64. The molecule has 1 N–H and O–H groups in total. The van der Waals surface area contributed by atoms with Gasteiger partial charge in [0.25, 0.3) is 0 Å². The zero-order valence-corrected chi connectivity index (χ0v) is 11.5. The molecule has 2 heterocycles. The molecule has 0 aliphatic heterocycles. The van der Waals surface area contributed by atoms with E-state index >= 15 is 0 Å². The average Bonchev–Trinajstić information content (AvgIpc) is 3.16. The van der Waals surface area contributed by atoms with Crippen molar-refractivity contribution < 1.29 is 4.42 Å². The Labute approximate surface area is 124 Å². The summed E-state index contributed by atoms with van der Waals surface area (Å²) in [5.41, 5.74) is 2.40. The second kappa shape index (κ2) is 4.71. The molecule has 2 aromatic heterocycles. The maximum absolute atomic E-state index is 6.47. The minimum absolute atomic E-state index is 0.502. The van der Waals surface area contributed by atoms with Gasteiger partial charge >= 0.3 is 0 Å². The summed E-state index contributed by atoms with van der Waals surface area (Å²) in [6.07, 6.45) is 0. The molecule has 4 aromatic rings. The summed E-state index contributed by atoms with van der Waals surface area (Å²) in [7, 11) is 0. The third kappa shape index (κ3) is 1.90. The van der Waals surface area contributed by atoms with Gasteiger partial charge in [-0.15, -0.1) is 10.2 Å². The first-order valence-electron chi connectivity index (χ1n) is 6.35. The van der Waals surface area contributed by atoms with Crippen molar-refractivity contribution in [2.45, 2.75) is 0 Å². The summed E-state index contributed by atoms with van der Waals surface area (Å²) in [4.78, 5) is 0. The molecule has 0 saturated heterocycles. The molecule has 6 heteroatoms. The van der Waals surface area contributed by atoms with Crippen molar-refractivity contribution in [3.05, 3.63) is 53.6 Å². The van der Waals surface area contributed by atoms with Gasteiger partial charge in [-0.25, -0.2) is 0 Å². The van der Waals surface area contributed by atoms with E-state index in [9.17, 15) is 0 Å². The Morgan fingerprint density at radius 3 is 2.48 bits per heavy atom. The minimum atomic E-state index is 0.502. The number of benzene rings is 2. The van der Waals surface area contributed by atoms with E-state index in [4.69, 9.17) is 16.0 Å². The lowest BCUT2D eigenvalue weighted by molar-refractivity contribution is 0.632. The molecule has 0 bridgehead atoms. The van der Waals surface area contributed by atoms with Gasteiger partial charge in [0.2, 0.25) is 5.82 Å². The van der Waals surface area contributed by atoms with Gasteiger partial charge in [0.05, 0.1) is 5.02 Å². The van der Waals surface area contributed by atoms with Crippen molar-refractivity contribution in [2.24, 2.45) is 0 Å². The Balaban J connectivity index is 2.00. The van der Waals surface area contributed by atoms with Crippen LogP contribution in [-0.4, -0.2) is 20.6 Å². The highest BCUT2D eigenvalue weighted by atomic mass is 35.5. The molecule has 0 unspecified atom stereocenters. The third-order valence-corrected chi connectivity index (χ3v) is 3.67. The summed E-state index contributed by atoms with van der Waals surface area (Å²) in [6.45, 7) is 0. The van der Waals surface area contributed by atoms with E-state index in [1.54, 1.807) is 0 Å². The van der Waals surface area contributed by atoms with Gasteiger partial charge in [0, 0.05) is 16.5 Å². The number of halogens is 1. The zero-order valence-electron chi connectivity index (χ0n) is 10.7. The molecule has 4 rings (SSSR count). The first-order valence-corrected chi connectivity index (χ1v) is 6.72. The van der Waals surface area contributed by atoms with Gasteiger partial charge < -0.3 is 4.42 Å². The SMILES string of the molecule is Clc1c(-c2ccccc2-c2nn[nH]n2)oc2ccccc12. The van der Waals surface area contributed by atoms with Gasteiger partial charge in [0.1, 0.15) is 5.58 Å². The molecule has 0 aliphatic carbocycles. The molecule has 102 valence electrons. The molecule has 0 aliphatic rings. The van der Waals surface area contributed by atoms with Gasteiger partial charge in [-0.2, -0.15) is 5.21 Å². The van der Waals surface area contributed by atoms with Crippen LogP contribution in [0.5, 0.6) is 0 Å². The topological polar surface area (TPSA) is 67.6 Å². The van der Waals surface area contributed by atoms with Gasteiger partial charge in [-0.1, -0.05) is 48.0 Å². The molecule has 21 heavy (non-hydrogen) atoms. The zero-order chi connectivity index (χ0) is 14.2. The fraction of sp³-hybridized carbons (Fsp3) is 0. The van der Waals surface area contributed by atoms with Crippen molar-refractivity contribution in [3.63, 3.8) is 0 Å². The number of hydrogen-bond donors (Lipinski definition) is 1. The van der Waals surface area contributed by atoms with Crippen molar-refractivity contribution >= 4 is 22.6 Å². The Hall–Kier alpha value is -2.66. The van der Waals surface area contributed by atoms with Crippen LogP contribution in [0.1, 0.15) is 0 Å². The first kappa shape index (κ1) is 12.1. The van der Waals surface area contributed by atoms with Crippen molar-refractivity contribution in [3.8, 4) is 22.7 Å². The molecular weight excluding hydrogens is 288 g/mol. The van der Waals surface area contributed by atoms with Gasteiger partial charge in [-0.3, -0.25) is 0 Å². The quantitative estimate of drug-likeness (QED) is 0.608. The van der Waals surface area contributed by atoms with Crippen LogP contribution in [-0.2, 0) is 0 Å². The molecule has 0 spiro atoms. The largest absolute Gasteiger partial charge is 0.454 e. The predicted molar refractivity (Wildman–Crippen MR) is 79.8 cm³/mol. The third-order valence-electron chi connectivity index (χ3n) is 3.29. The molecular formula is C15H9ClN4O. The first-order chi connectivity index (χ1) is 10.3. The number of nitrogens with one attached hydrogen (secondary N) is 1. The number of rotatable bonds is 2. The minimum Gasteiger partial charge on any atom is -0.454 e. The molecule has 0 amide bonds. The van der Waals surface area contributed by atoms with Crippen LogP contribution in [0.25, 0.3) is 33.7 Å². The molecule has 0 saturated carbocycles. The lowest BCUT2D eigenvalue weighted by Crippen LogP contribution is -1.86. The van der Waals surface area contributed by atoms with Gasteiger partial charge in [-0.05, 0) is 17.3 Å². The summed E-state index contributed by atoms with van der Waals surface area (Å²) >= 11 is 6.47. The summed E-state index contributed by atoms with van der Waals surface area (Å²) in [5.74, 6) is 1.11. The van der Waals surface area contributed by atoms with E-state index in [1.165, 1.54) is 0 Å². The highest BCUT2D eigenvalue weighted by Crippen LogP contribution is 2.40. The summed E-state index contributed by atoms with van der Waals surface area (Å²) < 4.78 is 5.91. The fourth-order valence-electron chi connectivity index (χ4n) is 2.34. The Kier molecular flexibility index (Phi) is 2.72. The lowest BCUT2D eigenvalue weighted by Gasteiger charge is -2.03. The number of H-pyrrole nitrogens is 1. The normalized spacial score (nSPS) is 11.1. The van der Waals surface area contributed by atoms with Crippen LogP contribution in [0.4, 0.5) is 0 Å². The summed E-state index contributed by atoms with van der Waals surface area (Å²) in [6, 6.07) is 15.3. The van der Waals surface area contributed by atoms with Gasteiger partial charge in [0.15, 0.2) is 5.76 Å². The molecule has 0 radical (unpaired) electrons. The van der Waals surface area contributed by atoms with Crippen molar-refractivity contribution in [1.82, 2.24) is 20.6 Å². The number of nitrogens with zero attached hydrogens (tertiary/aromatic N) is 3. The maximum Gasteiger partial charge on any atom is 0.205 e. The number of aromatic amines is 1. The van der Waals surface area contributed by atoms with E-state index in [-0.39, 0.29) is 0 Å². The Morgan fingerprint density at radius 1 is 0.952 bits per heavy atom. The van der Waals surface area contributed by atoms with E-state index in [0.29, 0.717) is 16.6 Å². The summed E-state index contributed by atoms with van der Waals surface area (Å²) in [5, 5.41) is 15.6. The van der Waals surface area contributed by atoms with E-state index in [0.717, 1.165) is 22.1 Å². The molecule has 2 aromatic carbocycles. The highest BCUT2D eigenvalue weighted by Gasteiger charge is 2.18. The molecule has 0 fully saturated rings. The van der Waals surface area contributed by atoms with E-state index in [2.05, 4.69) is 20.6 Å². The molecule has 5 nitrogen and oxygen atoms in total. The average molecular weight is 297 g/mol. The van der Waals surface area contributed by atoms with E-state index in [1.807, 2.05) is 48.5 Å². The standard InChI is InChI=1S/C15H9ClN4O/c16-13-11-7-3-4-8-12(11)21-14(13)9-5-1-2-6-10(9)15-17-19-20-18-15/h1-8H,(H,17,18,19,20). The van der Waals surface area contributed by atoms with Crippen LogP contribution in [0, 0.1) is 0 Å². The number of furan rings is 1. The Morgan fingerprint density at radius 2 is 1.71 bits per heavy atom. The van der Waals surface area contributed by atoms with E-state index < -0.39 is 0 Å². The number of tetrazole rings is 1. The van der Waals surface area contributed by atoms with Crippen LogP contribution >= 0.6 is 11.6 Å². The number of hydrogen-bond acceptors (Lipinski definition) is 4. The van der Waals surface area contributed by atoms with Crippen LogP contribution in [0.2, 0.25) is 5.02 Å².